The van der Waals surface area contributed by atoms with Gasteiger partial charge in [0.25, 0.3) is 0 Å². The number of halogens is 1. The molecule has 0 bridgehead atoms. The number of fused-ring (bicyclic) bond motifs is 1. The Morgan fingerprint density at radius 3 is 2.83 bits per heavy atom. The van der Waals surface area contributed by atoms with Gasteiger partial charge < -0.3 is 10.2 Å². The number of benzene rings is 1. The van der Waals surface area contributed by atoms with Gasteiger partial charge in [-0.1, -0.05) is 37.3 Å². The van der Waals surface area contributed by atoms with Gasteiger partial charge in [-0.3, -0.25) is 9.78 Å². The Bertz CT molecular complexity index is 1050. The fourth-order valence-corrected chi connectivity index (χ4v) is 4.53. The molecule has 1 aromatic carbocycles. The summed E-state index contributed by atoms with van der Waals surface area (Å²) in [7, 11) is 0. The lowest BCUT2D eigenvalue weighted by molar-refractivity contribution is -0.133. The molecule has 6 nitrogen and oxygen atoms in total. The van der Waals surface area contributed by atoms with Crippen molar-refractivity contribution in [3.8, 4) is 10.6 Å². The summed E-state index contributed by atoms with van der Waals surface area (Å²) < 4.78 is 14.5. The number of nitrogens with zero attached hydrogens (tertiary/aromatic N) is 4. The summed E-state index contributed by atoms with van der Waals surface area (Å²) in [6, 6.07) is 8.03. The Morgan fingerprint density at radius 2 is 2.13 bits per heavy atom. The van der Waals surface area contributed by atoms with E-state index in [0.717, 1.165) is 26.4 Å². The zero-order valence-corrected chi connectivity index (χ0v) is 18.2. The minimum Gasteiger partial charge on any atom is -0.339 e. The molecule has 3 aromatic rings. The van der Waals surface area contributed by atoms with Crippen LogP contribution in [0.1, 0.15) is 31.0 Å². The molecule has 2 atom stereocenters. The Balaban J connectivity index is 1.46. The van der Waals surface area contributed by atoms with Crippen LogP contribution in [0.25, 0.3) is 21.3 Å². The number of hydrogen-bond donors (Lipinski definition) is 1. The molecule has 0 spiro atoms. The fraction of sp³-hybridized carbons (Fsp3) is 0.455. The highest BCUT2D eigenvalue weighted by molar-refractivity contribution is 7.14. The number of likely N-dealkylation sites (tertiary alicyclic amines) is 1. The van der Waals surface area contributed by atoms with E-state index in [1.54, 1.807) is 22.4 Å². The number of carbonyl (C=O) groups is 1. The van der Waals surface area contributed by atoms with Gasteiger partial charge in [-0.05, 0) is 30.9 Å². The summed E-state index contributed by atoms with van der Waals surface area (Å²) in [6.45, 7) is 6.65. The second-order valence-corrected chi connectivity index (χ2v) is 9.29. The largest absolute Gasteiger partial charge is 0.339 e. The van der Waals surface area contributed by atoms with Gasteiger partial charge in [0.1, 0.15) is 16.2 Å². The molecule has 3 heterocycles. The van der Waals surface area contributed by atoms with E-state index in [9.17, 15) is 9.18 Å². The molecule has 1 fully saturated rings. The Kier molecular flexibility index (Phi) is 6.06. The number of aromatic nitrogens is 3. The van der Waals surface area contributed by atoms with Crippen molar-refractivity contribution in [2.75, 3.05) is 13.1 Å². The van der Waals surface area contributed by atoms with E-state index in [2.05, 4.69) is 20.5 Å². The number of nitrogens with one attached hydrogen (secondary N) is 1. The number of alkyl halides is 1. The smallest absolute Gasteiger partial charge is 0.228 e. The van der Waals surface area contributed by atoms with Crippen LogP contribution >= 0.6 is 11.3 Å². The van der Waals surface area contributed by atoms with Crippen molar-refractivity contribution in [3.63, 3.8) is 0 Å². The van der Waals surface area contributed by atoms with Crippen LogP contribution in [0.4, 0.5) is 4.39 Å². The number of pyridine rings is 1. The fourth-order valence-electron chi connectivity index (χ4n) is 3.84. The van der Waals surface area contributed by atoms with Crippen LogP contribution in [0.15, 0.2) is 30.5 Å². The normalized spacial score (nSPS) is 19.6. The summed E-state index contributed by atoms with van der Waals surface area (Å²) in [6.07, 6.45) is 1.53. The van der Waals surface area contributed by atoms with Crippen LogP contribution in [0.3, 0.4) is 0 Å². The third kappa shape index (κ3) is 4.65. The first kappa shape index (κ1) is 20.8. The highest BCUT2D eigenvalue weighted by Gasteiger charge is 2.31. The third-order valence-electron chi connectivity index (χ3n) is 5.33. The average Bonchev–Trinajstić information content (AvgIpc) is 3.15. The van der Waals surface area contributed by atoms with Crippen molar-refractivity contribution < 1.29 is 9.18 Å². The van der Waals surface area contributed by atoms with E-state index in [4.69, 9.17) is 0 Å². The lowest BCUT2D eigenvalue weighted by Gasteiger charge is -2.36. The van der Waals surface area contributed by atoms with Gasteiger partial charge in [0.15, 0.2) is 0 Å². The van der Waals surface area contributed by atoms with Crippen LogP contribution < -0.4 is 5.32 Å². The molecule has 158 valence electrons. The Labute approximate surface area is 179 Å². The van der Waals surface area contributed by atoms with E-state index in [-0.39, 0.29) is 31.0 Å². The number of amides is 1. The first-order valence-electron chi connectivity index (χ1n) is 10.3. The molecule has 0 radical (unpaired) electrons. The number of rotatable bonds is 5. The van der Waals surface area contributed by atoms with Crippen LogP contribution in [-0.2, 0) is 11.2 Å². The van der Waals surface area contributed by atoms with Crippen LogP contribution in [0.2, 0.25) is 0 Å². The zero-order chi connectivity index (χ0) is 21.3. The molecule has 0 unspecified atom stereocenters. The molecule has 1 saturated heterocycles. The summed E-state index contributed by atoms with van der Waals surface area (Å²) in [5.41, 5.74) is 1.69. The molecule has 8 heteroatoms. The van der Waals surface area contributed by atoms with Gasteiger partial charge in [0.05, 0.1) is 18.7 Å². The van der Waals surface area contributed by atoms with Gasteiger partial charge in [0.2, 0.25) is 5.91 Å². The maximum atomic E-state index is 14.5. The van der Waals surface area contributed by atoms with Gasteiger partial charge in [-0.15, -0.1) is 10.2 Å². The van der Waals surface area contributed by atoms with Crippen molar-refractivity contribution in [1.82, 2.24) is 25.4 Å². The first-order chi connectivity index (χ1) is 14.4. The lowest BCUT2D eigenvalue weighted by atomic mass is 10.0. The van der Waals surface area contributed by atoms with Gasteiger partial charge >= 0.3 is 0 Å². The first-order valence-corrected chi connectivity index (χ1v) is 11.1. The molecular weight excluding hydrogens is 401 g/mol. The summed E-state index contributed by atoms with van der Waals surface area (Å²) in [5.74, 6) is -0.0802. The van der Waals surface area contributed by atoms with E-state index in [1.165, 1.54) is 0 Å². The number of aryl methyl sites for hydroxylation is 1. The monoisotopic (exact) mass is 427 g/mol. The standard InChI is InChI=1S/C22H26FN5OS/c1-13(2)25-20-6-7-28(12-19(20)23)21(29)10-18-9-17-8-15(4-5-16(17)11-24-18)22-27-26-14(3)30-22/h4-5,8-9,11,13,19-20,25H,6-7,10,12H2,1-3H3/t19-,20-/m0/s1. The molecule has 1 amide bonds. The highest BCUT2D eigenvalue weighted by Crippen LogP contribution is 2.27. The van der Waals surface area contributed by atoms with E-state index < -0.39 is 6.17 Å². The molecule has 1 aliphatic heterocycles. The Hall–Kier alpha value is -2.45. The predicted molar refractivity (Wildman–Crippen MR) is 117 cm³/mol. The van der Waals surface area contributed by atoms with Crippen molar-refractivity contribution in [3.05, 3.63) is 41.2 Å². The van der Waals surface area contributed by atoms with Crippen molar-refractivity contribution in [1.29, 1.82) is 0 Å². The molecular formula is C22H26FN5OS. The van der Waals surface area contributed by atoms with Crippen molar-refractivity contribution in [2.24, 2.45) is 0 Å². The maximum Gasteiger partial charge on any atom is 0.228 e. The van der Waals surface area contributed by atoms with Gasteiger partial charge in [-0.2, -0.15) is 0 Å². The van der Waals surface area contributed by atoms with Crippen LogP contribution in [-0.4, -0.2) is 57.3 Å². The van der Waals surface area contributed by atoms with Crippen molar-refractivity contribution >= 4 is 28.0 Å². The quantitative estimate of drug-likeness (QED) is 0.674. The second kappa shape index (κ2) is 8.73. The van der Waals surface area contributed by atoms with Crippen molar-refractivity contribution in [2.45, 2.75) is 51.9 Å². The highest BCUT2D eigenvalue weighted by atomic mass is 32.1. The molecule has 2 aromatic heterocycles. The average molecular weight is 428 g/mol. The van der Waals surface area contributed by atoms with Gasteiger partial charge in [-0.25, -0.2) is 4.39 Å². The molecule has 30 heavy (non-hydrogen) atoms. The number of carbonyl (C=O) groups excluding carboxylic acids is 1. The van der Waals surface area contributed by atoms with E-state index in [1.807, 2.05) is 45.0 Å². The van der Waals surface area contributed by atoms with Gasteiger partial charge in [0, 0.05) is 35.8 Å². The van der Waals surface area contributed by atoms with E-state index >= 15 is 0 Å². The number of piperidine rings is 1. The third-order valence-corrected chi connectivity index (χ3v) is 6.21. The topological polar surface area (TPSA) is 71.0 Å². The lowest BCUT2D eigenvalue weighted by Crippen LogP contribution is -2.54. The summed E-state index contributed by atoms with van der Waals surface area (Å²) in [4.78, 5) is 18.8. The molecule has 0 aliphatic carbocycles. The van der Waals surface area contributed by atoms with Crippen LogP contribution in [0, 0.1) is 6.92 Å². The molecule has 1 aliphatic rings. The van der Waals surface area contributed by atoms with E-state index in [0.29, 0.717) is 18.7 Å². The zero-order valence-electron chi connectivity index (χ0n) is 17.4. The second-order valence-electron chi connectivity index (χ2n) is 8.11. The molecule has 1 N–H and O–H groups in total. The maximum absolute atomic E-state index is 14.5. The summed E-state index contributed by atoms with van der Waals surface area (Å²) >= 11 is 1.55. The molecule has 0 saturated carbocycles. The van der Waals surface area contributed by atoms with Crippen LogP contribution in [0.5, 0.6) is 0 Å². The summed E-state index contributed by atoms with van der Waals surface area (Å²) in [5, 5.41) is 15.3. The minimum absolute atomic E-state index is 0.0802. The Morgan fingerprint density at radius 1 is 1.30 bits per heavy atom. The minimum atomic E-state index is -1.05. The SMILES string of the molecule is Cc1nnc(-c2ccc3cnc(CC(=O)N4CC[C@H](NC(C)C)[C@@H](F)C4)cc3c2)s1. The molecule has 4 rings (SSSR count). The predicted octanol–water partition coefficient (Wildman–Crippen LogP) is 3.54. The number of hydrogen-bond acceptors (Lipinski definition) is 6.